The maximum Gasteiger partial charge on any atom is 0.245 e. The Morgan fingerprint density at radius 3 is 2.91 bits per heavy atom. The molecule has 0 unspecified atom stereocenters. The van der Waals surface area contributed by atoms with E-state index in [4.69, 9.17) is 10.5 Å². The zero-order valence-electron chi connectivity index (χ0n) is 12.7. The molecule has 1 aliphatic rings. The van der Waals surface area contributed by atoms with Crippen LogP contribution in [0.15, 0.2) is 36.4 Å². The molecule has 22 heavy (non-hydrogen) atoms. The first kappa shape index (κ1) is 14.5. The van der Waals surface area contributed by atoms with Crippen molar-refractivity contribution in [3.8, 4) is 17.0 Å². The van der Waals surface area contributed by atoms with Crippen LogP contribution in [0.3, 0.4) is 0 Å². The summed E-state index contributed by atoms with van der Waals surface area (Å²) in [5, 5.41) is 2.74. The van der Waals surface area contributed by atoms with E-state index in [0.717, 1.165) is 30.0 Å². The molecule has 5 nitrogen and oxygen atoms in total. The second kappa shape index (κ2) is 5.42. The first-order valence-corrected chi connectivity index (χ1v) is 7.27. The number of ether oxygens (including phenoxy) is 1. The van der Waals surface area contributed by atoms with Crippen molar-refractivity contribution in [3.05, 3.63) is 42.0 Å². The molecule has 0 spiro atoms. The van der Waals surface area contributed by atoms with Gasteiger partial charge in [-0.3, -0.25) is 4.79 Å². The molecule has 1 amide bonds. The van der Waals surface area contributed by atoms with E-state index in [1.165, 1.54) is 5.56 Å². The van der Waals surface area contributed by atoms with Crippen molar-refractivity contribution in [2.75, 3.05) is 11.9 Å². The highest BCUT2D eigenvalue weighted by atomic mass is 16.5. The summed E-state index contributed by atoms with van der Waals surface area (Å²) in [4.78, 5) is 16.4. The molecule has 0 radical (unpaired) electrons. The average molecular weight is 297 g/mol. The monoisotopic (exact) mass is 297 g/mol. The Balaban J connectivity index is 1.87. The number of amides is 1. The van der Waals surface area contributed by atoms with Crippen molar-refractivity contribution in [1.82, 2.24) is 4.98 Å². The van der Waals surface area contributed by atoms with E-state index >= 15 is 0 Å². The van der Waals surface area contributed by atoms with Crippen molar-refractivity contribution in [1.29, 1.82) is 0 Å². The van der Waals surface area contributed by atoms with E-state index < -0.39 is 5.54 Å². The van der Waals surface area contributed by atoms with Gasteiger partial charge in [-0.15, -0.1) is 0 Å². The lowest BCUT2D eigenvalue weighted by Crippen LogP contribution is -2.45. The first-order valence-electron chi connectivity index (χ1n) is 7.27. The fraction of sp³-hybridized carbons (Fsp3) is 0.294. The molecule has 2 aromatic rings. The number of nitrogens with zero attached hydrogens (tertiary/aromatic N) is 1. The van der Waals surface area contributed by atoms with Gasteiger partial charge in [0.2, 0.25) is 5.91 Å². The van der Waals surface area contributed by atoms with Crippen molar-refractivity contribution >= 4 is 11.7 Å². The number of benzene rings is 1. The number of anilines is 1. The van der Waals surface area contributed by atoms with Gasteiger partial charge in [0.25, 0.3) is 0 Å². The van der Waals surface area contributed by atoms with Gasteiger partial charge in [-0.25, -0.2) is 4.98 Å². The smallest absolute Gasteiger partial charge is 0.245 e. The maximum atomic E-state index is 11.9. The molecular weight excluding hydrogens is 278 g/mol. The van der Waals surface area contributed by atoms with Gasteiger partial charge in [-0.05, 0) is 49.7 Å². The number of carbonyl (C=O) groups excluding carboxylic acids is 1. The molecule has 0 fully saturated rings. The largest absolute Gasteiger partial charge is 0.493 e. The van der Waals surface area contributed by atoms with Crippen LogP contribution in [0.1, 0.15) is 19.4 Å². The fourth-order valence-electron chi connectivity index (χ4n) is 2.29. The lowest BCUT2D eigenvalue weighted by molar-refractivity contribution is -0.120. The highest BCUT2D eigenvalue weighted by molar-refractivity contribution is 5.96. The lowest BCUT2D eigenvalue weighted by atomic mass is 10.1. The molecule has 2 heterocycles. The van der Waals surface area contributed by atoms with Crippen molar-refractivity contribution < 1.29 is 9.53 Å². The number of rotatable bonds is 3. The van der Waals surface area contributed by atoms with Gasteiger partial charge in [0.05, 0.1) is 17.8 Å². The summed E-state index contributed by atoms with van der Waals surface area (Å²) in [5.41, 5.74) is 7.85. The van der Waals surface area contributed by atoms with E-state index in [9.17, 15) is 4.79 Å². The van der Waals surface area contributed by atoms with E-state index in [-0.39, 0.29) is 5.91 Å². The number of carbonyl (C=O) groups is 1. The van der Waals surface area contributed by atoms with Gasteiger partial charge in [-0.1, -0.05) is 6.07 Å². The molecule has 0 saturated heterocycles. The molecule has 0 aliphatic carbocycles. The van der Waals surface area contributed by atoms with Crippen LogP contribution in [0.4, 0.5) is 5.82 Å². The Morgan fingerprint density at radius 1 is 1.32 bits per heavy atom. The fourth-order valence-corrected chi connectivity index (χ4v) is 2.29. The third-order valence-electron chi connectivity index (χ3n) is 3.56. The van der Waals surface area contributed by atoms with E-state index in [2.05, 4.69) is 16.4 Å². The predicted molar refractivity (Wildman–Crippen MR) is 85.8 cm³/mol. The Morgan fingerprint density at radius 2 is 2.14 bits per heavy atom. The lowest BCUT2D eigenvalue weighted by Gasteiger charge is -2.17. The number of hydrogen-bond donors (Lipinski definition) is 2. The standard InChI is InChI=1S/C17H19N3O2/c1-17(2,18)16(21)20-15-5-3-4-13(19-15)11-6-7-14-12(10-11)8-9-22-14/h3-7,10H,8-9,18H2,1-2H3,(H,19,20,21). The minimum atomic E-state index is -0.942. The molecule has 0 atom stereocenters. The summed E-state index contributed by atoms with van der Waals surface area (Å²) in [6, 6.07) is 11.6. The van der Waals surface area contributed by atoms with Gasteiger partial charge >= 0.3 is 0 Å². The van der Waals surface area contributed by atoms with Gasteiger partial charge in [0.1, 0.15) is 11.6 Å². The van der Waals surface area contributed by atoms with E-state index in [1.807, 2.05) is 24.3 Å². The van der Waals surface area contributed by atoms with Crippen LogP contribution in [0.2, 0.25) is 0 Å². The zero-order valence-corrected chi connectivity index (χ0v) is 12.7. The molecule has 1 aromatic carbocycles. The Labute approximate surface area is 129 Å². The van der Waals surface area contributed by atoms with Gasteiger partial charge in [0, 0.05) is 12.0 Å². The van der Waals surface area contributed by atoms with Crippen LogP contribution in [0.5, 0.6) is 5.75 Å². The normalized spacial score (nSPS) is 13.4. The summed E-state index contributed by atoms with van der Waals surface area (Å²) in [5.74, 6) is 1.18. The molecular formula is C17H19N3O2. The summed E-state index contributed by atoms with van der Waals surface area (Å²) in [6.45, 7) is 4.05. The van der Waals surface area contributed by atoms with Gasteiger partial charge < -0.3 is 15.8 Å². The number of pyridine rings is 1. The summed E-state index contributed by atoms with van der Waals surface area (Å²) < 4.78 is 5.51. The number of nitrogens with one attached hydrogen (secondary N) is 1. The van der Waals surface area contributed by atoms with Crippen LogP contribution >= 0.6 is 0 Å². The third kappa shape index (κ3) is 2.94. The average Bonchev–Trinajstić information content (AvgIpc) is 2.94. The predicted octanol–water partition coefficient (Wildman–Crippen LogP) is 2.36. The first-order chi connectivity index (χ1) is 10.4. The molecule has 5 heteroatoms. The van der Waals surface area contributed by atoms with Gasteiger partial charge in [-0.2, -0.15) is 0 Å². The maximum absolute atomic E-state index is 11.9. The van der Waals surface area contributed by atoms with E-state index in [1.54, 1.807) is 19.9 Å². The van der Waals surface area contributed by atoms with Crippen LogP contribution in [-0.4, -0.2) is 23.0 Å². The Bertz CT molecular complexity index is 720. The molecule has 1 aromatic heterocycles. The second-order valence-electron chi connectivity index (χ2n) is 6.00. The van der Waals surface area contributed by atoms with Crippen LogP contribution < -0.4 is 15.8 Å². The summed E-state index contributed by atoms with van der Waals surface area (Å²) >= 11 is 0. The van der Waals surface area contributed by atoms with Crippen molar-refractivity contribution in [3.63, 3.8) is 0 Å². The third-order valence-corrected chi connectivity index (χ3v) is 3.56. The van der Waals surface area contributed by atoms with E-state index in [0.29, 0.717) is 5.82 Å². The highest BCUT2D eigenvalue weighted by Gasteiger charge is 2.22. The number of nitrogens with two attached hydrogens (primary N) is 1. The van der Waals surface area contributed by atoms with Crippen LogP contribution in [-0.2, 0) is 11.2 Å². The Kier molecular flexibility index (Phi) is 3.58. The molecule has 0 bridgehead atoms. The van der Waals surface area contributed by atoms with Crippen molar-refractivity contribution in [2.45, 2.75) is 25.8 Å². The summed E-state index contributed by atoms with van der Waals surface area (Å²) in [7, 11) is 0. The molecule has 1 aliphatic heterocycles. The molecule has 3 N–H and O–H groups in total. The number of fused-ring (bicyclic) bond motifs is 1. The number of aromatic nitrogens is 1. The second-order valence-corrected chi connectivity index (χ2v) is 6.00. The minimum absolute atomic E-state index is 0.264. The minimum Gasteiger partial charge on any atom is -0.493 e. The van der Waals surface area contributed by atoms with Gasteiger partial charge in [0.15, 0.2) is 0 Å². The molecule has 0 saturated carbocycles. The van der Waals surface area contributed by atoms with Crippen LogP contribution in [0, 0.1) is 0 Å². The number of hydrogen-bond acceptors (Lipinski definition) is 4. The molecule has 114 valence electrons. The highest BCUT2D eigenvalue weighted by Crippen LogP contribution is 2.30. The Hall–Kier alpha value is -2.40. The van der Waals surface area contributed by atoms with Crippen LogP contribution in [0.25, 0.3) is 11.3 Å². The summed E-state index contributed by atoms with van der Waals surface area (Å²) in [6.07, 6.45) is 0.918. The molecule has 3 rings (SSSR count). The van der Waals surface area contributed by atoms with Crippen molar-refractivity contribution in [2.24, 2.45) is 5.73 Å². The SMILES string of the molecule is CC(C)(N)C(=O)Nc1cccc(-c2ccc3c(c2)CCO3)n1. The zero-order chi connectivity index (χ0) is 15.7. The quantitative estimate of drug-likeness (QED) is 0.911. The topological polar surface area (TPSA) is 77.2 Å².